The highest BCUT2D eigenvalue weighted by molar-refractivity contribution is 5.82. The van der Waals surface area contributed by atoms with E-state index in [1.807, 2.05) is 12.1 Å². The van der Waals surface area contributed by atoms with Crippen LogP contribution in [0.2, 0.25) is 0 Å². The number of pyridine rings is 1. The Kier molecular flexibility index (Phi) is 7.13. The number of carbonyl (C=O) groups excluding carboxylic acids is 1. The standard InChI is InChI=1S/C28H23F7N2O2/c29-21-6-4-17(5-7-21)25-23-12-18(11-22-3-1-2-8-36-22)26(38)37(23)14-24(25)39-15-16-9-19(27(30,31)32)13-20(10-16)28(33,34)35/h1-10,13,18,23-25H,11-12,14-15H2. The third-order valence-corrected chi connectivity index (χ3v) is 7.30. The molecule has 2 fully saturated rings. The lowest BCUT2D eigenvalue weighted by Gasteiger charge is -2.24. The maximum Gasteiger partial charge on any atom is 0.416 e. The van der Waals surface area contributed by atoms with E-state index >= 15 is 0 Å². The minimum Gasteiger partial charge on any atom is -0.371 e. The lowest BCUT2D eigenvalue weighted by atomic mass is 9.85. The molecule has 0 spiro atoms. The van der Waals surface area contributed by atoms with Crippen LogP contribution in [0.25, 0.3) is 0 Å². The van der Waals surface area contributed by atoms with Gasteiger partial charge >= 0.3 is 12.4 Å². The molecule has 11 heteroatoms. The fraction of sp³-hybridized carbons (Fsp3) is 0.357. The number of rotatable bonds is 6. The summed E-state index contributed by atoms with van der Waals surface area (Å²) in [5.74, 6) is -1.38. The van der Waals surface area contributed by atoms with Crippen LogP contribution in [-0.4, -0.2) is 34.5 Å². The Morgan fingerprint density at radius 3 is 2.18 bits per heavy atom. The van der Waals surface area contributed by atoms with Crippen LogP contribution in [0.3, 0.4) is 0 Å². The summed E-state index contributed by atoms with van der Waals surface area (Å²) in [5.41, 5.74) is -1.72. The van der Waals surface area contributed by atoms with Gasteiger partial charge < -0.3 is 9.64 Å². The predicted molar refractivity (Wildman–Crippen MR) is 126 cm³/mol. The molecule has 4 unspecified atom stereocenters. The predicted octanol–water partition coefficient (Wildman–Crippen LogP) is 6.40. The van der Waals surface area contributed by atoms with Gasteiger partial charge in [0.25, 0.3) is 0 Å². The van der Waals surface area contributed by atoms with Gasteiger partial charge in [-0.3, -0.25) is 9.78 Å². The van der Waals surface area contributed by atoms with E-state index in [0.29, 0.717) is 30.5 Å². The first-order valence-corrected chi connectivity index (χ1v) is 12.3. The van der Waals surface area contributed by atoms with Gasteiger partial charge in [0, 0.05) is 42.7 Å². The quantitative estimate of drug-likeness (QED) is 0.333. The molecule has 0 N–H and O–H groups in total. The van der Waals surface area contributed by atoms with Crippen LogP contribution in [0.15, 0.2) is 66.9 Å². The number of amides is 1. The summed E-state index contributed by atoms with van der Waals surface area (Å²) in [5, 5.41) is 0. The smallest absolute Gasteiger partial charge is 0.371 e. The Hall–Kier alpha value is -3.47. The van der Waals surface area contributed by atoms with E-state index in [9.17, 15) is 35.5 Å². The number of hydrogen-bond donors (Lipinski definition) is 0. The van der Waals surface area contributed by atoms with Crippen LogP contribution in [-0.2, 0) is 34.9 Å². The Labute approximate surface area is 219 Å². The van der Waals surface area contributed by atoms with Crippen molar-refractivity contribution >= 4 is 5.91 Å². The molecule has 5 rings (SSSR count). The van der Waals surface area contributed by atoms with Crippen LogP contribution in [0.5, 0.6) is 0 Å². The molecule has 2 aliphatic heterocycles. The summed E-state index contributed by atoms with van der Waals surface area (Å²) >= 11 is 0. The van der Waals surface area contributed by atoms with Crippen molar-refractivity contribution in [1.29, 1.82) is 0 Å². The van der Waals surface area contributed by atoms with Crippen molar-refractivity contribution in [2.75, 3.05) is 6.54 Å². The van der Waals surface area contributed by atoms with Crippen LogP contribution in [0.4, 0.5) is 30.7 Å². The fourth-order valence-electron chi connectivity index (χ4n) is 5.56. The molecule has 2 aromatic carbocycles. The number of hydrogen-bond acceptors (Lipinski definition) is 3. The van der Waals surface area contributed by atoms with Crippen LogP contribution < -0.4 is 0 Å². The number of fused-ring (bicyclic) bond motifs is 1. The molecule has 4 atom stereocenters. The minimum absolute atomic E-state index is 0.0664. The number of alkyl halides is 6. The molecular weight excluding hydrogens is 529 g/mol. The highest BCUT2D eigenvalue weighted by atomic mass is 19.4. The maximum atomic E-state index is 13.7. The van der Waals surface area contributed by atoms with Gasteiger partial charge in [-0.2, -0.15) is 26.3 Å². The van der Waals surface area contributed by atoms with E-state index in [1.165, 1.54) is 12.1 Å². The van der Waals surface area contributed by atoms with Crippen LogP contribution in [0, 0.1) is 11.7 Å². The van der Waals surface area contributed by atoms with E-state index in [0.717, 1.165) is 5.69 Å². The van der Waals surface area contributed by atoms with E-state index in [-0.39, 0.29) is 36.0 Å². The lowest BCUT2D eigenvalue weighted by Crippen LogP contribution is -2.31. The highest BCUT2D eigenvalue weighted by Gasteiger charge is 2.52. The first-order chi connectivity index (χ1) is 18.4. The average molecular weight is 552 g/mol. The van der Waals surface area contributed by atoms with Crippen molar-refractivity contribution in [3.63, 3.8) is 0 Å². The number of aromatic nitrogens is 1. The monoisotopic (exact) mass is 552 g/mol. The van der Waals surface area contributed by atoms with Crippen molar-refractivity contribution < 1.29 is 40.3 Å². The molecule has 4 nitrogen and oxygen atoms in total. The summed E-state index contributed by atoms with van der Waals surface area (Å²) < 4.78 is 99.4. The number of nitrogens with zero attached hydrogens (tertiary/aromatic N) is 2. The molecule has 2 saturated heterocycles. The Balaban J connectivity index is 1.40. The molecule has 3 aromatic rings. The van der Waals surface area contributed by atoms with E-state index in [1.54, 1.807) is 29.3 Å². The minimum atomic E-state index is -4.97. The topological polar surface area (TPSA) is 42.4 Å². The van der Waals surface area contributed by atoms with E-state index in [4.69, 9.17) is 4.74 Å². The van der Waals surface area contributed by atoms with Crippen molar-refractivity contribution in [2.24, 2.45) is 5.92 Å². The third-order valence-electron chi connectivity index (χ3n) is 7.30. The van der Waals surface area contributed by atoms with Crippen molar-refractivity contribution in [3.8, 4) is 0 Å². The van der Waals surface area contributed by atoms with E-state index in [2.05, 4.69) is 4.98 Å². The SMILES string of the molecule is O=C1C(Cc2ccccn2)CC2C(c3ccc(F)cc3)C(OCc3cc(C(F)(F)F)cc(C(F)(F)F)c3)CN12. The fourth-order valence-corrected chi connectivity index (χ4v) is 5.56. The van der Waals surface area contributed by atoms with Crippen LogP contribution in [0.1, 0.15) is 40.3 Å². The van der Waals surface area contributed by atoms with Gasteiger partial charge in [0.2, 0.25) is 5.91 Å². The maximum absolute atomic E-state index is 13.7. The molecule has 0 bridgehead atoms. The summed E-state index contributed by atoms with van der Waals surface area (Å²) in [7, 11) is 0. The molecule has 3 heterocycles. The molecule has 0 aliphatic carbocycles. The molecule has 0 radical (unpaired) electrons. The van der Waals surface area contributed by atoms with Gasteiger partial charge in [0.15, 0.2) is 0 Å². The molecular formula is C28H23F7N2O2. The zero-order valence-corrected chi connectivity index (χ0v) is 20.3. The first-order valence-electron chi connectivity index (χ1n) is 12.3. The zero-order chi connectivity index (χ0) is 27.9. The number of benzene rings is 2. The van der Waals surface area contributed by atoms with Crippen molar-refractivity contribution in [1.82, 2.24) is 9.88 Å². The zero-order valence-electron chi connectivity index (χ0n) is 20.3. The molecule has 0 saturated carbocycles. The Morgan fingerprint density at radius 1 is 0.923 bits per heavy atom. The van der Waals surface area contributed by atoms with Gasteiger partial charge in [0.1, 0.15) is 5.82 Å². The highest BCUT2D eigenvalue weighted by Crippen LogP contribution is 2.45. The normalized spacial score (nSPS) is 23.4. The van der Waals surface area contributed by atoms with Gasteiger partial charge in [0.05, 0.1) is 23.8 Å². The second kappa shape index (κ2) is 10.3. The average Bonchev–Trinajstić information content (AvgIpc) is 3.38. The summed E-state index contributed by atoms with van der Waals surface area (Å²) in [4.78, 5) is 19.2. The van der Waals surface area contributed by atoms with E-state index < -0.39 is 47.9 Å². The molecule has 1 amide bonds. The Morgan fingerprint density at radius 2 is 1.59 bits per heavy atom. The van der Waals surface area contributed by atoms with Gasteiger partial charge in [-0.1, -0.05) is 18.2 Å². The summed E-state index contributed by atoms with van der Waals surface area (Å²) in [6.45, 7) is -0.420. The van der Waals surface area contributed by atoms with Crippen molar-refractivity contribution in [3.05, 3.63) is 101 Å². The molecule has 2 aliphatic rings. The van der Waals surface area contributed by atoms with Crippen LogP contribution >= 0.6 is 0 Å². The molecule has 39 heavy (non-hydrogen) atoms. The second-order valence-electron chi connectivity index (χ2n) is 9.86. The third kappa shape index (κ3) is 5.78. The van der Waals surface area contributed by atoms with Gasteiger partial charge in [-0.05, 0) is 60.0 Å². The number of carbonyl (C=O) groups is 1. The first kappa shape index (κ1) is 27.1. The summed E-state index contributed by atoms with van der Waals surface area (Å²) in [6.07, 6.45) is -8.14. The molecule has 206 valence electrons. The molecule has 1 aromatic heterocycles. The van der Waals surface area contributed by atoms with Gasteiger partial charge in [-0.15, -0.1) is 0 Å². The second-order valence-corrected chi connectivity index (χ2v) is 9.86. The number of ether oxygens (including phenoxy) is 1. The van der Waals surface area contributed by atoms with Gasteiger partial charge in [-0.25, -0.2) is 4.39 Å². The summed E-state index contributed by atoms with van der Waals surface area (Å²) in [6, 6.07) is 12.1. The number of halogens is 7. The largest absolute Gasteiger partial charge is 0.416 e. The lowest BCUT2D eigenvalue weighted by molar-refractivity contribution is -0.143. The van der Waals surface area contributed by atoms with Crippen molar-refractivity contribution in [2.45, 2.75) is 49.9 Å². The Bertz CT molecular complexity index is 1290.